The Morgan fingerprint density at radius 3 is 1.65 bits per heavy atom. The van der Waals surface area contributed by atoms with Crippen molar-refractivity contribution in [2.45, 2.75) is 48.5 Å². The maximum Gasteiger partial charge on any atom is 0.411 e. The quantitative estimate of drug-likeness (QED) is 0.141. The van der Waals surface area contributed by atoms with Gasteiger partial charge in [0.2, 0.25) is 29.7 Å². The van der Waals surface area contributed by atoms with Crippen molar-refractivity contribution in [2.75, 3.05) is 19.0 Å². The SMILES string of the molecule is COS(=O)[B]N(C)c1nc(C)nc(C)n1.Cc1nc(F)cc(F)n1.Cc1nc(F)nc(F)c1C.Cc1ncnc(F)c1C. The summed E-state index contributed by atoms with van der Waals surface area (Å²) in [6.45, 7) is 12.8. The van der Waals surface area contributed by atoms with Gasteiger partial charge >= 0.3 is 12.8 Å². The van der Waals surface area contributed by atoms with Crippen LogP contribution in [0.5, 0.6) is 0 Å². The van der Waals surface area contributed by atoms with E-state index in [4.69, 9.17) is 0 Å². The Morgan fingerprint density at radius 2 is 1.21 bits per heavy atom. The molecule has 4 heterocycles. The molecule has 19 heteroatoms. The van der Waals surface area contributed by atoms with E-state index in [1.807, 2.05) is 0 Å². The summed E-state index contributed by atoms with van der Waals surface area (Å²) < 4.78 is 76.8. The van der Waals surface area contributed by atoms with Gasteiger partial charge in [-0.2, -0.15) is 36.9 Å². The number of rotatable bonds is 4. The van der Waals surface area contributed by atoms with Gasteiger partial charge in [-0.1, -0.05) is 0 Å². The molecule has 12 nitrogen and oxygen atoms in total. The Kier molecular flexibility index (Phi) is 15.2. The molecule has 4 aromatic rings. The first-order valence-corrected chi connectivity index (χ1v) is 13.2. The van der Waals surface area contributed by atoms with Crippen LogP contribution >= 0.6 is 0 Å². The molecular weight excluding hydrogens is 598 g/mol. The molecule has 0 aliphatic carbocycles. The zero-order valence-electron chi connectivity index (χ0n) is 24.8. The van der Waals surface area contributed by atoms with Crippen molar-refractivity contribution in [3.8, 4) is 0 Å². The lowest BCUT2D eigenvalue weighted by molar-refractivity contribution is 0.456. The fourth-order valence-electron chi connectivity index (χ4n) is 2.54. The van der Waals surface area contributed by atoms with Crippen LogP contribution in [-0.4, -0.2) is 69.9 Å². The summed E-state index contributed by atoms with van der Waals surface area (Å²) in [5, 5.41) is 0. The second-order valence-electron chi connectivity index (χ2n) is 8.30. The fraction of sp³-hybridized carbons (Fsp3) is 0.375. The first-order valence-electron chi connectivity index (χ1n) is 12.0. The third kappa shape index (κ3) is 13.6. The topological polar surface area (TPSA) is 146 Å². The van der Waals surface area contributed by atoms with Gasteiger partial charge in [0.1, 0.15) is 34.7 Å². The number of hydrogen-bond acceptors (Lipinski definition) is 12. The highest BCUT2D eigenvalue weighted by atomic mass is 32.2. The second kappa shape index (κ2) is 17.7. The Hall–Kier alpha value is -4.13. The molecule has 43 heavy (non-hydrogen) atoms. The molecule has 0 aromatic carbocycles. The monoisotopic (exact) mass is 627 g/mol. The van der Waals surface area contributed by atoms with Gasteiger partial charge in [0.15, 0.2) is 0 Å². The maximum atomic E-state index is 12.4. The Balaban J connectivity index is 0.000000294. The molecule has 0 saturated heterocycles. The van der Waals surface area contributed by atoms with Crippen LogP contribution in [0.25, 0.3) is 0 Å². The van der Waals surface area contributed by atoms with Gasteiger partial charge in [0.25, 0.3) is 0 Å². The average Bonchev–Trinajstić information content (AvgIpc) is 2.90. The number of nitrogens with zero attached hydrogens (tertiary/aromatic N) is 10. The van der Waals surface area contributed by atoms with Crippen molar-refractivity contribution in [3.05, 3.63) is 82.3 Å². The van der Waals surface area contributed by atoms with Crippen LogP contribution < -0.4 is 4.81 Å². The molecule has 0 bridgehead atoms. The lowest BCUT2D eigenvalue weighted by atomic mass is 10.3. The first-order chi connectivity index (χ1) is 20.0. The minimum Gasteiger partial charge on any atom is -0.376 e. The van der Waals surface area contributed by atoms with Gasteiger partial charge < -0.3 is 8.99 Å². The third-order valence-corrected chi connectivity index (χ3v) is 5.74. The molecule has 1 radical (unpaired) electrons. The minimum absolute atomic E-state index is 0.104. The average molecular weight is 627 g/mol. The minimum atomic E-state index is -1.47. The van der Waals surface area contributed by atoms with Gasteiger partial charge in [-0.15, -0.1) is 0 Å². The normalized spacial score (nSPS) is 10.7. The van der Waals surface area contributed by atoms with Crippen LogP contribution in [0, 0.1) is 78.3 Å². The molecule has 0 saturated carbocycles. The summed E-state index contributed by atoms with van der Waals surface area (Å²) in [6.07, 6.45) is 0.207. The zero-order chi connectivity index (χ0) is 32.9. The van der Waals surface area contributed by atoms with E-state index < -0.39 is 40.8 Å². The van der Waals surface area contributed by atoms with E-state index in [0.29, 0.717) is 46.2 Å². The molecular formula is C24H29BF5N10O2S. The number of aryl methyl sites for hydroxylation is 5. The molecule has 0 aliphatic rings. The number of aromatic nitrogens is 9. The molecule has 0 spiro atoms. The van der Waals surface area contributed by atoms with Crippen molar-refractivity contribution in [3.63, 3.8) is 0 Å². The lowest BCUT2D eigenvalue weighted by Crippen LogP contribution is -2.29. The van der Waals surface area contributed by atoms with Gasteiger partial charge in [-0.3, -0.25) is 0 Å². The number of anilines is 1. The van der Waals surface area contributed by atoms with E-state index in [0.717, 1.165) is 0 Å². The van der Waals surface area contributed by atoms with E-state index in [1.54, 1.807) is 39.6 Å². The summed E-state index contributed by atoms with van der Waals surface area (Å²) >= 11 is 0. The van der Waals surface area contributed by atoms with Gasteiger partial charge in [0, 0.05) is 28.6 Å². The first kappa shape index (κ1) is 36.9. The Labute approximate surface area is 248 Å². The van der Waals surface area contributed by atoms with E-state index in [1.165, 1.54) is 40.9 Å². The van der Waals surface area contributed by atoms with Crippen LogP contribution in [-0.2, 0) is 15.1 Å². The largest absolute Gasteiger partial charge is 0.411 e. The van der Waals surface area contributed by atoms with Crippen LogP contribution in [0.2, 0.25) is 0 Å². The van der Waals surface area contributed by atoms with Crippen LogP contribution in [0.3, 0.4) is 0 Å². The van der Waals surface area contributed by atoms with E-state index in [2.05, 4.69) is 49.0 Å². The summed E-state index contributed by atoms with van der Waals surface area (Å²) in [7, 11) is 1.59. The molecule has 1 unspecified atom stereocenters. The number of hydrogen-bond donors (Lipinski definition) is 0. The van der Waals surface area contributed by atoms with E-state index in [-0.39, 0.29) is 5.82 Å². The molecule has 4 rings (SSSR count). The molecule has 4 aromatic heterocycles. The molecule has 231 valence electrons. The highest BCUT2D eigenvalue weighted by molar-refractivity contribution is 8.06. The molecule has 0 aliphatic heterocycles. The van der Waals surface area contributed by atoms with Crippen LogP contribution in [0.4, 0.5) is 27.9 Å². The number of halogens is 5. The summed E-state index contributed by atoms with van der Waals surface area (Å²) in [5.41, 5.74) is 1.85. The summed E-state index contributed by atoms with van der Waals surface area (Å²) in [4.78, 5) is 33.6. The molecule has 0 fully saturated rings. The van der Waals surface area contributed by atoms with Crippen LogP contribution in [0.15, 0.2) is 12.4 Å². The van der Waals surface area contributed by atoms with Gasteiger partial charge in [-0.25, -0.2) is 34.1 Å². The smallest absolute Gasteiger partial charge is 0.376 e. The molecule has 0 N–H and O–H groups in total. The Morgan fingerprint density at radius 1 is 0.698 bits per heavy atom. The second-order valence-corrected chi connectivity index (χ2v) is 9.37. The van der Waals surface area contributed by atoms with Gasteiger partial charge in [-0.05, 0) is 55.5 Å². The van der Waals surface area contributed by atoms with Crippen molar-refractivity contribution >= 4 is 23.6 Å². The van der Waals surface area contributed by atoms with Crippen molar-refractivity contribution < 1.29 is 30.3 Å². The van der Waals surface area contributed by atoms with E-state index in [9.17, 15) is 26.2 Å². The highest BCUT2D eigenvalue weighted by Crippen LogP contribution is 2.06. The predicted molar refractivity (Wildman–Crippen MR) is 148 cm³/mol. The summed E-state index contributed by atoms with van der Waals surface area (Å²) in [6, 6.07) is 0.632. The van der Waals surface area contributed by atoms with E-state index >= 15 is 0 Å². The van der Waals surface area contributed by atoms with Crippen LogP contribution in [0.1, 0.15) is 40.0 Å². The maximum absolute atomic E-state index is 12.4. The predicted octanol–water partition coefficient (Wildman–Crippen LogP) is 3.44. The Bertz CT molecular complexity index is 1430. The van der Waals surface area contributed by atoms with Crippen molar-refractivity contribution in [2.24, 2.45) is 0 Å². The highest BCUT2D eigenvalue weighted by Gasteiger charge is 2.13. The fourth-order valence-corrected chi connectivity index (χ4v) is 2.98. The van der Waals surface area contributed by atoms with Crippen molar-refractivity contribution in [1.29, 1.82) is 0 Å². The van der Waals surface area contributed by atoms with Crippen molar-refractivity contribution in [1.82, 2.24) is 44.9 Å². The van der Waals surface area contributed by atoms with Gasteiger partial charge in [0.05, 0.1) is 7.11 Å². The molecule has 0 amide bonds. The molecule has 1 atom stereocenters. The lowest BCUT2D eigenvalue weighted by Gasteiger charge is -2.14. The third-order valence-electron chi connectivity index (χ3n) is 4.92. The zero-order valence-corrected chi connectivity index (χ0v) is 25.6. The standard InChI is InChI=1S/C7H12BN4O2S.C6H6F2N2.C6H7FN2.C5H4F2N2/c1-5-9-6(2)11-7(10-5)12(3)8-15(13)14-4;1-3-4(2)9-6(8)10-5(3)7;1-4-5(2)8-3-9-6(4)7;1-3-8-4(6)2-5(7)9-3/h1-4H3;1-2H3;3H,1-2H3;2H,1H3. The summed E-state index contributed by atoms with van der Waals surface area (Å²) in [5.74, 6) is -1.08.